The monoisotopic (exact) mass is 865 g/mol. The molecule has 14 nitrogen and oxygen atoms in total. The molecule has 334 valence electrons. The number of urea groups is 1. The van der Waals surface area contributed by atoms with Crippen molar-refractivity contribution in [2.45, 2.75) is 69.2 Å². The van der Waals surface area contributed by atoms with Gasteiger partial charge in [0.2, 0.25) is 5.91 Å². The Hall–Kier alpha value is -6.13. The molecule has 0 saturated carbocycles. The van der Waals surface area contributed by atoms with Crippen LogP contribution in [-0.2, 0) is 9.53 Å². The summed E-state index contributed by atoms with van der Waals surface area (Å²) in [5.41, 5.74) is 22.2. The highest BCUT2D eigenvalue weighted by atomic mass is 19.1. The van der Waals surface area contributed by atoms with Gasteiger partial charge >= 0.3 is 6.03 Å². The maximum Gasteiger partial charge on any atom is 0.328 e. The summed E-state index contributed by atoms with van der Waals surface area (Å²) >= 11 is 0. The number of phenols is 1. The first-order valence-electron chi connectivity index (χ1n) is 21.7. The van der Waals surface area contributed by atoms with E-state index in [1.807, 2.05) is 37.4 Å². The number of nitrogens with zero attached hydrogens (tertiary/aromatic N) is 5. The average Bonchev–Trinajstić information content (AvgIpc) is 3.67. The van der Waals surface area contributed by atoms with Gasteiger partial charge in [0, 0.05) is 125 Å². The second-order valence-electron chi connectivity index (χ2n) is 17.5. The van der Waals surface area contributed by atoms with Gasteiger partial charge in [-0.25, -0.2) is 13.6 Å². The van der Waals surface area contributed by atoms with Crippen LogP contribution >= 0.6 is 0 Å². The molecule has 3 aromatic carbocycles. The molecule has 0 radical (unpaired) electrons. The van der Waals surface area contributed by atoms with Crippen LogP contribution in [0.5, 0.6) is 5.75 Å². The highest BCUT2D eigenvalue weighted by Gasteiger charge is 2.39. The number of methoxy groups -OCH3 is 1. The first-order chi connectivity index (χ1) is 30.2. The van der Waals surface area contributed by atoms with E-state index in [-0.39, 0.29) is 72.9 Å². The lowest BCUT2D eigenvalue weighted by molar-refractivity contribution is -0.120. The van der Waals surface area contributed by atoms with Gasteiger partial charge in [0.1, 0.15) is 23.1 Å². The summed E-state index contributed by atoms with van der Waals surface area (Å²) in [6.45, 7) is 5.56. The van der Waals surface area contributed by atoms with Gasteiger partial charge in [-0.15, -0.1) is 0 Å². The number of alkyl halides is 1. The van der Waals surface area contributed by atoms with E-state index in [0.717, 1.165) is 41.3 Å². The number of fused-ring (bicyclic) bond motifs is 1. The molecule has 8 rings (SSSR count). The molecule has 0 aliphatic carbocycles. The van der Waals surface area contributed by atoms with Gasteiger partial charge in [-0.1, -0.05) is 18.2 Å². The number of hydrogen-bond donors (Lipinski definition) is 5. The number of phenolic OH excluding ortho intramolecular Hbond substituents is 1. The summed E-state index contributed by atoms with van der Waals surface area (Å²) in [6, 6.07) is 17.1. The van der Waals surface area contributed by atoms with Crippen molar-refractivity contribution in [1.29, 1.82) is 0 Å². The fraction of sp³-hybridized carbons (Fsp3) is 0.426. The van der Waals surface area contributed by atoms with Gasteiger partial charge in [0.05, 0.1) is 23.0 Å². The SMILES string of the molecule is COC1CC(c2ccc(C(=O)N3CCC(F)(CN4CCC(n5ccc6cc(N7CCC(=O)NC7=O)c(F)cc65)CC4)CC3)cc2C)CN(C(/C=C(\N)c2ccccc2O)=C(N)N)C1. The van der Waals surface area contributed by atoms with Crippen molar-refractivity contribution in [2.75, 3.05) is 64.4 Å². The lowest BCUT2D eigenvalue weighted by Gasteiger charge is -2.41. The molecule has 0 spiro atoms. The summed E-state index contributed by atoms with van der Waals surface area (Å²) < 4.78 is 39.7. The number of carbonyl (C=O) groups excluding carboxylic acids is 3. The summed E-state index contributed by atoms with van der Waals surface area (Å²) in [4.78, 5) is 45.0. The van der Waals surface area contributed by atoms with E-state index in [2.05, 4.69) is 19.7 Å². The smallest absolute Gasteiger partial charge is 0.328 e. The number of para-hydroxylation sites is 1. The van der Waals surface area contributed by atoms with Crippen molar-refractivity contribution < 1.29 is 33.0 Å². The van der Waals surface area contributed by atoms with Crippen LogP contribution in [0.25, 0.3) is 16.6 Å². The number of nitrogens with one attached hydrogen (secondary N) is 1. The number of piperidine rings is 3. The molecule has 4 aromatic rings. The zero-order valence-corrected chi connectivity index (χ0v) is 35.9. The number of likely N-dealkylation sites (tertiary alicyclic amines) is 3. The molecule has 4 fully saturated rings. The Morgan fingerprint density at radius 1 is 0.968 bits per heavy atom. The lowest BCUT2D eigenvalue weighted by atomic mass is 9.85. The van der Waals surface area contributed by atoms with Crippen molar-refractivity contribution in [1.82, 2.24) is 24.6 Å². The Morgan fingerprint density at radius 3 is 2.40 bits per heavy atom. The van der Waals surface area contributed by atoms with Crippen LogP contribution in [-0.4, -0.2) is 113 Å². The molecule has 4 aliphatic rings. The lowest BCUT2D eigenvalue weighted by Crippen LogP contribution is -2.51. The minimum Gasteiger partial charge on any atom is -0.507 e. The maximum atomic E-state index is 16.4. The number of aryl methyl sites for hydroxylation is 1. The highest BCUT2D eigenvalue weighted by Crippen LogP contribution is 2.37. The highest BCUT2D eigenvalue weighted by molar-refractivity contribution is 6.06. The molecule has 2 atom stereocenters. The summed E-state index contributed by atoms with van der Waals surface area (Å²) in [6.07, 6.45) is 6.40. The zero-order valence-electron chi connectivity index (χ0n) is 35.9. The summed E-state index contributed by atoms with van der Waals surface area (Å²) in [5.74, 6) is -0.851. The normalized spacial score (nSPS) is 21.5. The number of allylic oxidation sites excluding steroid dienone is 1. The third-order valence-corrected chi connectivity index (χ3v) is 13.4. The van der Waals surface area contributed by atoms with E-state index in [1.165, 1.54) is 11.0 Å². The number of halogens is 2. The number of hydrogen-bond acceptors (Lipinski definition) is 10. The number of anilines is 1. The fourth-order valence-corrected chi connectivity index (χ4v) is 9.90. The van der Waals surface area contributed by atoms with Gasteiger partial charge in [0.25, 0.3) is 5.91 Å². The van der Waals surface area contributed by atoms with Crippen LogP contribution in [0.15, 0.2) is 84.5 Å². The minimum atomic E-state index is -1.42. The van der Waals surface area contributed by atoms with Gasteiger partial charge in [0.15, 0.2) is 0 Å². The zero-order chi connectivity index (χ0) is 44.6. The Morgan fingerprint density at radius 2 is 1.71 bits per heavy atom. The summed E-state index contributed by atoms with van der Waals surface area (Å²) in [5, 5.41) is 13.4. The van der Waals surface area contributed by atoms with E-state index in [9.17, 15) is 19.5 Å². The Labute approximate surface area is 365 Å². The van der Waals surface area contributed by atoms with Crippen LogP contribution in [0.4, 0.5) is 19.3 Å². The predicted molar refractivity (Wildman–Crippen MR) is 238 cm³/mol. The van der Waals surface area contributed by atoms with E-state index < -0.39 is 17.5 Å². The van der Waals surface area contributed by atoms with Crippen LogP contribution in [0.2, 0.25) is 0 Å². The van der Waals surface area contributed by atoms with Gasteiger partial charge in [-0.05, 0) is 79.8 Å². The van der Waals surface area contributed by atoms with E-state index in [0.29, 0.717) is 68.3 Å². The van der Waals surface area contributed by atoms with Crippen molar-refractivity contribution in [3.8, 4) is 5.75 Å². The van der Waals surface area contributed by atoms with Crippen LogP contribution in [0.1, 0.15) is 77.5 Å². The molecule has 5 heterocycles. The molecule has 16 heteroatoms. The van der Waals surface area contributed by atoms with Crippen LogP contribution in [0, 0.1) is 12.7 Å². The second-order valence-corrected chi connectivity index (χ2v) is 17.5. The third-order valence-electron chi connectivity index (χ3n) is 13.4. The number of aromatic hydroxyl groups is 1. The first kappa shape index (κ1) is 43.5. The molecule has 4 saturated heterocycles. The Balaban J connectivity index is 0.856. The quantitative estimate of drug-likeness (QED) is 0.129. The molecular weight excluding hydrogens is 809 g/mol. The van der Waals surface area contributed by atoms with Gasteiger partial charge in [-0.2, -0.15) is 0 Å². The topological polar surface area (TPSA) is 189 Å². The van der Waals surface area contributed by atoms with Crippen molar-refractivity contribution in [3.05, 3.63) is 113 Å². The van der Waals surface area contributed by atoms with E-state index in [1.54, 1.807) is 48.4 Å². The number of rotatable bonds is 10. The molecule has 1 aromatic heterocycles. The molecule has 4 aliphatic heterocycles. The molecular formula is C47H57F2N9O5. The standard InChI is InChI=1S/C47H57F2N9O5/c1-29-21-31(7-8-35(29)32-22-34(63-2)27-56(26-32)41(44(51)52)25-38(50)36-5-3-4-6-42(36)59)45(61)55-19-13-47(49,14-20-55)28-54-15-10-33(11-16-54)57-17-9-30-23-40(37(48)24-39(30)57)58-18-12-43(60)53-46(58)62/h3-9,17,21,23-25,32-34,59H,10-16,18-20,22,26-28,50-52H2,1-2H3,(H,53,60,62)/b38-25-. The van der Waals surface area contributed by atoms with Crippen LogP contribution in [0.3, 0.4) is 0 Å². The van der Waals surface area contributed by atoms with E-state index in [4.69, 9.17) is 21.9 Å². The molecule has 2 unspecified atom stereocenters. The molecule has 8 N–H and O–H groups in total. The largest absolute Gasteiger partial charge is 0.507 e. The minimum absolute atomic E-state index is 0.0261. The molecule has 0 bridgehead atoms. The van der Waals surface area contributed by atoms with Crippen molar-refractivity contribution in [3.63, 3.8) is 0 Å². The second kappa shape index (κ2) is 17.9. The number of benzene rings is 3. The molecule has 4 amide bonds. The number of amides is 4. The number of imide groups is 1. The fourth-order valence-electron chi connectivity index (χ4n) is 9.90. The van der Waals surface area contributed by atoms with Crippen molar-refractivity contribution in [2.24, 2.45) is 17.2 Å². The van der Waals surface area contributed by atoms with Crippen LogP contribution < -0.4 is 27.4 Å². The molecule has 63 heavy (non-hydrogen) atoms. The van der Waals surface area contributed by atoms with E-state index >= 15 is 8.78 Å². The number of ether oxygens (including phenoxy) is 1. The number of aromatic nitrogens is 1. The third kappa shape index (κ3) is 9.18. The van der Waals surface area contributed by atoms with Gasteiger partial charge < -0.3 is 46.3 Å². The van der Waals surface area contributed by atoms with Gasteiger partial charge in [-0.3, -0.25) is 19.8 Å². The Bertz CT molecular complexity index is 2450. The predicted octanol–water partition coefficient (Wildman–Crippen LogP) is 5.41. The van der Waals surface area contributed by atoms with Crippen molar-refractivity contribution >= 4 is 40.1 Å². The number of nitrogens with two attached hydrogens (primary N) is 3. The Kier molecular flexibility index (Phi) is 12.4. The number of carbonyl (C=O) groups is 3. The summed E-state index contributed by atoms with van der Waals surface area (Å²) in [7, 11) is 1.67. The maximum absolute atomic E-state index is 16.4. The average molecular weight is 866 g/mol. The first-order valence-corrected chi connectivity index (χ1v) is 21.7.